The van der Waals surface area contributed by atoms with E-state index >= 15 is 0 Å². The summed E-state index contributed by atoms with van der Waals surface area (Å²) in [6.45, 7) is 7.38. The van der Waals surface area contributed by atoms with Crippen molar-refractivity contribution in [2.24, 2.45) is 11.8 Å². The molecule has 2 N–H and O–H groups in total. The van der Waals surface area contributed by atoms with Crippen LogP contribution < -0.4 is 10.9 Å². The predicted octanol–water partition coefficient (Wildman–Crippen LogP) is 3.74. The van der Waals surface area contributed by atoms with Crippen molar-refractivity contribution in [3.63, 3.8) is 0 Å². The Morgan fingerprint density at radius 1 is 1.06 bits per heavy atom. The first kappa shape index (κ1) is 22.8. The standard InChI is InChI=1S/C28H35N5O/c1-20-14-21(2)33(31-20)18-23-10-6-11-24(16-23)28(34)32-13-7-12-25(19-32)27-26(17-29-30-27)15-22-8-4-3-5-9-22/h3-6,8-11,14,16,25-27,29-30H,7,12-13,15,17-19H2,1-2H3. The highest BCUT2D eigenvalue weighted by Gasteiger charge is 2.37. The fourth-order valence-electron chi connectivity index (χ4n) is 5.65. The lowest BCUT2D eigenvalue weighted by molar-refractivity contribution is 0.0635. The second kappa shape index (κ2) is 10.1. The summed E-state index contributed by atoms with van der Waals surface area (Å²) < 4.78 is 2.00. The highest BCUT2D eigenvalue weighted by molar-refractivity contribution is 5.94. The van der Waals surface area contributed by atoms with Crippen LogP contribution in [-0.2, 0) is 13.0 Å². The molecule has 6 nitrogen and oxygen atoms in total. The number of likely N-dealkylation sites (tertiary alicyclic amines) is 1. The topological polar surface area (TPSA) is 62.2 Å². The zero-order valence-corrected chi connectivity index (χ0v) is 20.2. The minimum absolute atomic E-state index is 0.144. The number of nitrogens with zero attached hydrogens (tertiary/aromatic N) is 3. The zero-order valence-electron chi connectivity index (χ0n) is 20.2. The molecule has 3 atom stereocenters. The van der Waals surface area contributed by atoms with Gasteiger partial charge in [0.05, 0.1) is 12.2 Å². The molecule has 0 aliphatic carbocycles. The quantitative estimate of drug-likeness (QED) is 0.592. The van der Waals surface area contributed by atoms with Crippen molar-refractivity contribution in [2.45, 2.75) is 45.7 Å². The van der Waals surface area contributed by atoms with E-state index in [1.165, 1.54) is 5.56 Å². The maximum Gasteiger partial charge on any atom is 0.253 e. The molecule has 0 saturated carbocycles. The summed E-state index contributed by atoms with van der Waals surface area (Å²) >= 11 is 0. The van der Waals surface area contributed by atoms with Gasteiger partial charge < -0.3 is 4.90 Å². The van der Waals surface area contributed by atoms with Gasteiger partial charge >= 0.3 is 0 Å². The first-order valence-corrected chi connectivity index (χ1v) is 12.5. The summed E-state index contributed by atoms with van der Waals surface area (Å²) in [5.41, 5.74) is 12.3. The third-order valence-corrected chi connectivity index (χ3v) is 7.34. The number of benzene rings is 2. The van der Waals surface area contributed by atoms with Crippen LogP contribution >= 0.6 is 0 Å². The van der Waals surface area contributed by atoms with E-state index in [4.69, 9.17) is 0 Å². The van der Waals surface area contributed by atoms with E-state index in [1.54, 1.807) is 0 Å². The molecule has 178 valence electrons. The number of carbonyl (C=O) groups is 1. The number of nitrogens with one attached hydrogen (secondary N) is 2. The highest BCUT2D eigenvalue weighted by atomic mass is 16.2. The van der Waals surface area contributed by atoms with Crippen molar-refractivity contribution in [3.8, 4) is 0 Å². The van der Waals surface area contributed by atoms with Gasteiger partial charge in [0.25, 0.3) is 5.91 Å². The summed E-state index contributed by atoms with van der Waals surface area (Å²) in [6.07, 6.45) is 3.27. The second-order valence-electron chi connectivity index (χ2n) is 9.94. The van der Waals surface area contributed by atoms with E-state index in [0.29, 0.717) is 24.4 Å². The van der Waals surface area contributed by atoms with Crippen LogP contribution in [0.15, 0.2) is 60.7 Å². The van der Waals surface area contributed by atoms with E-state index in [9.17, 15) is 4.79 Å². The lowest BCUT2D eigenvalue weighted by Gasteiger charge is -2.37. The number of aromatic nitrogens is 2. The lowest BCUT2D eigenvalue weighted by Crippen LogP contribution is -2.48. The van der Waals surface area contributed by atoms with Crippen LogP contribution in [0.1, 0.15) is 45.7 Å². The van der Waals surface area contributed by atoms with Gasteiger partial charge in [0.2, 0.25) is 0 Å². The number of hydrogen-bond acceptors (Lipinski definition) is 4. The molecule has 0 spiro atoms. The smallest absolute Gasteiger partial charge is 0.253 e. The Balaban J connectivity index is 1.25. The molecule has 1 amide bonds. The molecule has 2 saturated heterocycles. The molecule has 3 heterocycles. The number of amides is 1. The Bertz CT molecular complexity index is 1120. The number of piperidine rings is 1. The number of aryl methyl sites for hydroxylation is 2. The fraction of sp³-hybridized carbons (Fsp3) is 0.429. The Morgan fingerprint density at radius 2 is 1.88 bits per heavy atom. The van der Waals surface area contributed by atoms with E-state index in [0.717, 1.165) is 61.4 Å². The number of carbonyl (C=O) groups excluding carboxylic acids is 1. The molecule has 2 aliphatic heterocycles. The lowest BCUT2D eigenvalue weighted by atomic mass is 9.81. The van der Waals surface area contributed by atoms with Gasteiger partial charge in [-0.3, -0.25) is 20.3 Å². The van der Waals surface area contributed by atoms with Gasteiger partial charge in [-0.15, -0.1) is 0 Å². The first-order valence-electron chi connectivity index (χ1n) is 12.5. The van der Waals surface area contributed by atoms with Gasteiger partial charge in [0.1, 0.15) is 0 Å². The summed E-state index contributed by atoms with van der Waals surface area (Å²) in [5, 5.41) is 4.57. The SMILES string of the molecule is Cc1cc(C)n(Cc2cccc(C(=O)N3CCCC(C4NNCC4Cc4ccccc4)C3)c2)n1. The monoisotopic (exact) mass is 457 g/mol. The molecule has 5 rings (SSSR count). The van der Waals surface area contributed by atoms with Crippen molar-refractivity contribution < 1.29 is 4.79 Å². The van der Waals surface area contributed by atoms with Crippen LogP contribution in [-0.4, -0.2) is 46.3 Å². The van der Waals surface area contributed by atoms with Gasteiger partial charge in [0.15, 0.2) is 0 Å². The van der Waals surface area contributed by atoms with Crippen LogP contribution in [0.5, 0.6) is 0 Å². The van der Waals surface area contributed by atoms with Gasteiger partial charge in [-0.2, -0.15) is 5.10 Å². The number of rotatable bonds is 6. The molecule has 0 radical (unpaired) electrons. The zero-order chi connectivity index (χ0) is 23.5. The van der Waals surface area contributed by atoms with E-state index in [2.05, 4.69) is 70.2 Å². The summed E-state index contributed by atoms with van der Waals surface area (Å²) in [4.78, 5) is 15.5. The molecule has 2 fully saturated rings. The van der Waals surface area contributed by atoms with E-state index in [-0.39, 0.29) is 5.91 Å². The third kappa shape index (κ3) is 5.08. The van der Waals surface area contributed by atoms with Crippen LogP contribution in [0.3, 0.4) is 0 Å². The minimum atomic E-state index is 0.144. The maximum absolute atomic E-state index is 13.5. The van der Waals surface area contributed by atoms with Crippen molar-refractivity contribution in [3.05, 3.63) is 88.7 Å². The summed E-state index contributed by atoms with van der Waals surface area (Å²) in [6, 6.07) is 21.3. The Kier molecular flexibility index (Phi) is 6.79. The van der Waals surface area contributed by atoms with Crippen LogP contribution in [0.25, 0.3) is 0 Å². The number of hydrazine groups is 1. The van der Waals surface area contributed by atoms with Crippen molar-refractivity contribution in [1.29, 1.82) is 0 Å². The van der Waals surface area contributed by atoms with Gasteiger partial charge in [-0.1, -0.05) is 42.5 Å². The van der Waals surface area contributed by atoms with Gasteiger partial charge in [-0.25, -0.2) is 0 Å². The van der Waals surface area contributed by atoms with Crippen LogP contribution in [0, 0.1) is 25.7 Å². The minimum Gasteiger partial charge on any atom is -0.338 e. The maximum atomic E-state index is 13.5. The molecule has 0 bridgehead atoms. The van der Waals surface area contributed by atoms with Crippen molar-refractivity contribution in [1.82, 2.24) is 25.5 Å². The van der Waals surface area contributed by atoms with Crippen molar-refractivity contribution in [2.75, 3.05) is 19.6 Å². The van der Waals surface area contributed by atoms with E-state index < -0.39 is 0 Å². The molecule has 2 aliphatic rings. The predicted molar refractivity (Wildman–Crippen MR) is 134 cm³/mol. The first-order chi connectivity index (χ1) is 16.6. The molecule has 6 heteroatoms. The largest absolute Gasteiger partial charge is 0.338 e. The molecular formula is C28H35N5O. The molecule has 34 heavy (non-hydrogen) atoms. The molecule has 2 aromatic carbocycles. The Morgan fingerprint density at radius 3 is 2.68 bits per heavy atom. The van der Waals surface area contributed by atoms with Crippen LogP contribution in [0.4, 0.5) is 0 Å². The molecule has 3 aromatic rings. The average molecular weight is 458 g/mol. The molecular weight excluding hydrogens is 422 g/mol. The van der Waals surface area contributed by atoms with Crippen molar-refractivity contribution >= 4 is 5.91 Å². The van der Waals surface area contributed by atoms with Gasteiger partial charge in [-0.05, 0) is 74.3 Å². The normalized spacial score (nSPS) is 22.8. The third-order valence-electron chi connectivity index (χ3n) is 7.34. The van der Waals surface area contributed by atoms with Gasteiger partial charge in [0, 0.05) is 36.9 Å². The summed E-state index contributed by atoms with van der Waals surface area (Å²) in [7, 11) is 0. The highest BCUT2D eigenvalue weighted by Crippen LogP contribution is 2.28. The second-order valence-corrected chi connectivity index (χ2v) is 9.94. The molecule has 3 unspecified atom stereocenters. The fourth-order valence-corrected chi connectivity index (χ4v) is 5.65. The van der Waals surface area contributed by atoms with Crippen LogP contribution in [0.2, 0.25) is 0 Å². The Labute approximate surface area is 202 Å². The summed E-state index contributed by atoms with van der Waals surface area (Å²) in [5.74, 6) is 1.14. The number of hydrogen-bond donors (Lipinski definition) is 2. The van der Waals surface area contributed by atoms with E-state index in [1.807, 2.05) is 29.8 Å². The average Bonchev–Trinajstić information content (AvgIpc) is 3.44. The Hall–Kier alpha value is -2.96. The molecule has 1 aromatic heterocycles.